The van der Waals surface area contributed by atoms with Gasteiger partial charge in [-0.1, -0.05) is 30.3 Å². The molecule has 9 heteroatoms. The standard InChI is InChI=1S/C22H22F3N5O/c23-22(24,25)17-12-28-21(30-20(17)29-19(13-31)16-8-9-16)27-11-14-4-6-15(7-5-14)18-3-1-2-10-26-18/h1-7,10,12,16,19,31H,8-9,11,13H2,(H2,27,28,29,30)/t19-/m0/s1. The number of aliphatic hydroxyl groups is 1. The van der Waals surface area contributed by atoms with Crippen LogP contribution in [-0.2, 0) is 12.7 Å². The Kier molecular flexibility index (Phi) is 6.03. The Morgan fingerprint density at radius 2 is 1.84 bits per heavy atom. The molecule has 2 aromatic heterocycles. The van der Waals surface area contributed by atoms with Gasteiger partial charge in [0.1, 0.15) is 11.4 Å². The second-order valence-corrected chi connectivity index (χ2v) is 7.49. The first-order valence-electron chi connectivity index (χ1n) is 10.00. The van der Waals surface area contributed by atoms with Crippen LogP contribution in [0.25, 0.3) is 11.3 Å². The molecule has 162 valence electrons. The predicted molar refractivity (Wildman–Crippen MR) is 111 cm³/mol. The monoisotopic (exact) mass is 429 g/mol. The Labute approximate surface area is 177 Å². The smallest absolute Gasteiger partial charge is 0.394 e. The zero-order chi connectivity index (χ0) is 21.8. The van der Waals surface area contributed by atoms with E-state index in [0.717, 1.165) is 35.9 Å². The van der Waals surface area contributed by atoms with Crippen molar-refractivity contribution in [2.75, 3.05) is 17.2 Å². The zero-order valence-corrected chi connectivity index (χ0v) is 16.6. The first-order valence-corrected chi connectivity index (χ1v) is 10.00. The van der Waals surface area contributed by atoms with Crippen LogP contribution in [0.2, 0.25) is 0 Å². The summed E-state index contributed by atoms with van der Waals surface area (Å²) >= 11 is 0. The molecule has 0 aliphatic heterocycles. The fraction of sp³-hybridized carbons (Fsp3) is 0.318. The van der Waals surface area contributed by atoms with Crippen molar-refractivity contribution in [3.8, 4) is 11.3 Å². The third-order valence-electron chi connectivity index (χ3n) is 5.17. The van der Waals surface area contributed by atoms with Crippen molar-refractivity contribution in [1.82, 2.24) is 15.0 Å². The van der Waals surface area contributed by atoms with Crippen molar-refractivity contribution in [2.24, 2.45) is 5.92 Å². The number of aromatic nitrogens is 3. The van der Waals surface area contributed by atoms with Crippen molar-refractivity contribution >= 4 is 11.8 Å². The molecule has 0 radical (unpaired) electrons. The Bertz CT molecular complexity index is 1010. The van der Waals surface area contributed by atoms with E-state index in [1.165, 1.54) is 0 Å². The molecule has 0 unspecified atom stereocenters. The van der Waals surface area contributed by atoms with Crippen LogP contribution >= 0.6 is 0 Å². The number of hydrogen-bond acceptors (Lipinski definition) is 6. The van der Waals surface area contributed by atoms with E-state index in [4.69, 9.17) is 0 Å². The number of anilines is 2. The van der Waals surface area contributed by atoms with Crippen LogP contribution < -0.4 is 10.6 Å². The van der Waals surface area contributed by atoms with Crippen molar-refractivity contribution < 1.29 is 18.3 Å². The second-order valence-electron chi connectivity index (χ2n) is 7.49. The molecule has 4 rings (SSSR count). The van der Waals surface area contributed by atoms with E-state index in [9.17, 15) is 18.3 Å². The molecule has 1 aliphatic carbocycles. The van der Waals surface area contributed by atoms with Crippen molar-refractivity contribution in [1.29, 1.82) is 0 Å². The number of nitrogens with one attached hydrogen (secondary N) is 2. The normalized spacial score (nSPS) is 14.8. The van der Waals surface area contributed by atoms with Crippen LogP contribution in [0, 0.1) is 5.92 Å². The summed E-state index contributed by atoms with van der Waals surface area (Å²) in [7, 11) is 0. The zero-order valence-electron chi connectivity index (χ0n) is 16.6. The first kappa shape index (κ1) is 21.0. The van der Waals surface area contributed by atoms with Gasteiger partial charge in [0.2, 0.25) is 5.95 Å². The van der Waals surface area contributed by atoms with Gasteiger partial charge in [0.05, 0.1) is 18.3 Å². The molecule has 3 aromatic rings. The van der Waals surface area contributed by atoms with E-state index in [1.54, 1.807) is 6.20 Å². The van der Waals surface area contributed by atoms with Gasteiger partial charge in [0.25, 0.3) is 0 Å². The van der Waals surface area contributed by atoms with Gasteiger partial charge >= 0.3 is 6.18 Å². The fourth-order valence-corrected chi connectivity index (χ4v) is 3.28. The van der Waals surface area contributed by atoms with Crippen LogP contribution in [0.4, 0.5) is 24.9 Å². The first-order chi connectivity index (χ1) is 14.9. The highest BCUT2D eigenvalue weighted by Gasteiger charge is 2.38. The number of benzene rings is 1. The van der Waals surface area contributed by atoms with Gasteiger partial charge in [-0.15, -0.1) is 0 Å². The van der Waals surface area contributed by atoms with Gasteiger partial charge in [0.15, 0.2) is 0 Å². The van der Waals surface area contributed by atoms with Gasteiger partial charge in [-0.3, -0.25) is 4.98 Å². The summed E-state index contributed by atoms with van der Waals surface area (Å²) in [5.41, 5.74) is 1.80. The number of nitrogens with zero attached hydrogens (tertiary/aromatic N) is 3. The van der Waals surface area contributed by atoms with Gasteiger partial charge in [-0.25, -0.2) is 4.98 Å². The van der Waals surface area contributed by atoms with E-state index < -0.39 is 17.8 Å². The summed E-state index contributed by atoms with van der Waals surface area (Å²) in [4.78, 5) is 12.2. The highest BCUT2D eigenvalue weighted by atomic mass is 19.4. The molecule has 1 aromatic carbocycles. The average Bonchev–Trinajstić information content (AvgIpc) is 3.62. The third-order valence-corrected chi connectivity index (χ3v) is 5.17. The molecule has 1 fully saturated rings. The van der Waals surface area contributed by atoms with E-state index in [2.05, 4.69) is 25.6 Å². The number of rotatable bonds is 8. The van der Waals surface area contributed by atoms with E-state index in [0.29, 0.717) is 6.54 Å². The third kappa shape index (κ3) is 5.29. The molecule has 1 atom stereocenters. The minimum absolute atomic E-state index is 0.0804. The average molecular weight is 429 g/mol. The van der Waals surface area contributed by atoms with Gasteiger partial charge < -0.3 is 15.7 Å². The molecule has 0 spiro atoms. The quantitative estimate of drug-likeness (QED) is 0.494. The Balaban J connectivity index is 1.47. The van der Waals surface area contributed by atoms with Gasteiger partial charge in [-0.05, 0) is 36.5 Å². The van der Waals surface area contributed by atoms with Crippen molar-refractivity contribution in [2.45, 2.75) is 31.6 Å². The SMILES string of the molecule is OC[C@H](Nc1nc(NCc2ccc(-c3ccccn3)cc2)ncc1C(F)(F)F)C1CC1. The molecule has 1 aliphatic rings. The lowest BCUT2D eigenvalue weighted by Gasteiger charge is -2.20. The Morgan fingerprint density at radius 3 is 2.45 bits per heavy atom. The van der Waals surface area contributed by atoms with Gasteiger partial charge in [0, 0.05) is 24.5 Å². The van der Waals surface area contributed by atoms with E-state index in [1.807, 2.05) is 42.5 Å². The number of hydrogen-bond donors (Lipinski definition) is 3. The lowest BCUT2D eigenvalue weighted by Crippen LogP contribution is -2.28. The maximum absolute atomic E-state index is 13.4. The second kappa shape index (κ2) is 8.89. The van der Waals surface area contributed by atoms with Crippen molar-refractivity contribution in [3.05, 3.63) is 66.0 Å². The minimum Gasteiger partial charge on any atom is -0.394 e. The largest absolute Gasteiger partial charge is 0.421 e. The maximum atomic E-state index is 13.4. The van der Waals surface area contributed by atoms with Crippen LogP contribution in [0.15, 0.2) is 54.9 Å². The summed E-state index contributed by atoms with van der Waals surface area (Å²) in [5.74, 6) is -0.0756. The maximum Gasteiger partial charge on any atom is 0.421 e. The molecule has 0 bridgehead atoms. The van der Waals surface area contributed by atoms with Crippen LogP contribution in [0.3, 0.4) is 0 Å². The number of aliphatic hydroxyl groups excluding tert-OH is 1. The van der Waals surface area contributed by atoms with E-state index in [-0.39, 0.29) is 24.3 Å². The highest BCUT2D eigenvalue weighted by molar-refractivity contribution is 5.59. The molecule has 6 nitrogen and oxygen atoms in total. The highest BCUT2D eigenvalue weighted by Crippen LogP contribution is 2.37. The molecule has 3 N–H and O–H groups in total. The number of pyridine rings is 1. The number of alkyl halides is 3. The fourth-order valence-electron chi connectivity index (χ4n) is 3.28. The minimum atomic E-state index is -4.59. The molecule has 31 heavy (non-hydrogen) atoms. The van der Waals surface area contributed by atoms with Crippen molar-refractivity contribution in [3.63, 3.8) is 0 Å². The summed E-state index contributed by atoms with van der Waals surface area (Å²) in [6.45, 7) is 0.0940. The predicted octanol–water partition coefficient (Wildman–Crippen LogP) is 4.35. The molecular formula is C22H22F3N5O. The lowest BCUT2D eigenvalue weighted by molar-refractivity contribution is -0.137. The van der Waals surface area contributed by atoms with E-state index >= 15 is 0 Å². The van der Waals surface area contributed by atoms with Crippen LogP contribution in [0.5, 0.6) is 0 Å². The van der Waals surface area contributed by atoms with Crippen LogP contribution in [-0.4, -0.2) is 32.7 Å². The Morgan fingerprint density at radius 1 is 1.06 bits per heavy atom. The molecule has 1 saturated carbocycles. The molecule has 0 saturated heterocycles. The lowest BCUT2D eigenvalue weighted by atomic mass is 10.1. The summed E-state index contributed by atoms with van der Waals surface area (Å²) in [6, 6.07) is 12.9. The van der Waals surface area contributed by atoms with Crippen LogP contribution in [0.1, 0.15) is 24.0 Å². The van der Waals surface area contributed by atoms with Gasteiger partial charge in [-0.2, -0.15) is 18.2 Å². The number of halogens is 3. The molecule has 2 heterocycles. The summed E-state index contributed by atoms with van der Waals surface area (Å²) in [5, 5.41) is 15.2. The summed E-state index contributed by atoms with van der Waals surface area (Å²) in [6.07, 6.45) is -0.341. The molecular weight excluding hydrogens is 407 g/mol. The molecule has 0 amide bonds. The Hall–Kier alpha value is -3.20. The summed E-state index contributed by atoms with van der Waals surface area (Å²) < 4.78 is 40.1. The topological polar surface area (TPSA) is 83.0 Å².